The number of rotatable bonds is 9. The number of benzene rings is 3. The van der Waals surface area contributed by atoms with Crippen molar-refractivity contribution in [1.29, 1.82) is 0 Å². The van der Waals surface area contributed by atoms with E-state index in [0.29, 0.717) is 24.5 Å². The molecule has 0 aliphatic carbocycles. The van der Waals surface area contributed by atoms with Crippen molar-refractivity contribution in [1.82, 2.24) is 14.8 Å². The maximum atomic E-state index is 14.8. The number of aliphatic hydroxyl groups is 1. The Bertz CT molecular complexity index is 1470. The Labute approximate surface area is 239 Å². The first-order chi connectivity index (χ1) is 19.7. The highest BCUT2D eigenvalue weighted by molar-refractivity contribution is 8.00. The molecule has 2 heterocycles. The second kappa shape index (κ2) is 12.4. The van der Waals surface area contributed by atoms with Gasteiger partial charge < -0.3 is 25.0 Å². The molecular weight excluding hydrogens is 554 g/mol. The van der Waals surface area contributed by atoms with Gasteiger partial charge in [-0.25, -0.2) is 18.4 Å². The Kier molecular flexibility index (Phi) is 8.64. The van der Waals surface area contributed by atoms with E-state index in [1.54, 1.807) is 43.3 Å². The zero-order valence-electron chi connectivity index (χ0n) is 22.0. The summed E-state index contributed by atoms with van der Waals surface area (Å²) in [6, 6.07) is 16.1. The number of halogens is 2. The van der Waals surface area contributed by atoms with Crippen LogP contribution in [0.2, 0.25) is 0 Å². The van der Waals surface area contributed by atoms with E-state index in [0.717, 1.165) is 17.7 Å². The van der Waals surface area contributed by atoms with Gasteiger partial charge in [0.25, 0.3) is 5.91 Å². The van der Waals surface area contributed by atoms with Crippen LogP contribution in [0.5, 0.6) is 5.75 Å². The van der Waals surface area contributed by atoms with Crippen LogP contribution in [-0.2, 0) is 21.6 Å². The fourth-order valence-electron chi connectivity index (χ4n) is 4.53. The topological polar surface area (TPSA) is 119 Å². The molecule has 3 aromatic carbocycles. The van der Waals surface area contributed by atoms with E-state index in [1.807, 2.05) is 0 Å². The first-order valence-corrected chi connectivity index (χ1v) is 13.7. The molecule has 2 unspecified atom stereocenters. The third-order valence-corrected chi connectivity index (χ3v) is 8.23. The van der Waals surface area contributed by atoms with Crippen LogP contribution in [-0.4, -0.2) is 54.6 Å². The predicted molar refractivity (Wildman–Crippen MR) is 148 cm³/mol. The monoisotopic (exact) mass is 582 g/mol. The lowest BCUT2D eigenvalue weighted by Gasteiger charge is -2.37. The number of carbonyl (C=O) groups excluding carboxylic acids is 1. The largest absolute Gasteiger partial charge is 0.508 e. The van der Waals surface area contributed by atoms with Crippen LogP contribution in [0.15, 0.2) is 79.4 Å². The minimum Gasteiger partial charge on any atom is -0.508 e. The van der Waals surface area contributed by atoms with Gasteiger partial charge in [0.1, 0.15) is 35.6 Å². The molecule has 1 saturated heterocycles. The van der Waals surface area contributed by atoms with Crippen LogP contribution in [0.4, 0.5) is 14.5 Å². The van der Waals surface area contributed by atoms with E-state index in [-0.39, 0.29) is 29.0 Å². The third-order valence-electron chi connectivity index (χ3n) is 6.77. The van der Waals surface area contributed by atoms with Crippen molar-refractivity contribution >= 4 is 23.4 Å². The number of nitrogens with one attached hydrogen (secondary N) is 1. The molecule has 41 heavy (non-hydrogen) atoms. The van der Waals surface area contributed by atoms with Crippen molar-refractivity contribution < 1.29 is 33.3 Å². The summed E-state index contributed by atoms with van der Waals surface area (Å²) >= 11 is 1.37. The maximum Gasteiger partial charge on any atom is 0.255 e. The highest BCUT2D eigenvalue weighted by Gasteiger charge is 2.41. The summed E-state index contributed by atoms with van der Waals surface area (Å²) in [5.41, 5.74) is -0.0365. The highest BCUT2D eigenvalue weighted by atomic mass is 32.2. The number of nitrogens with zero attached hydrogens (tertiary/aromatic N) is 3. The summed E-state index contributed by atoms with van der Waals surface area (Å²) in [6.45, 7) is 2.27. The van der Waals surface area contributed by atoms with Crippen molar-refractivity contribution in [2.75, 3.05) is 18.5 Å². The summed E-state index contributed by atoms with van der Waals surface area (Å²) in [6.07, 6.45) is 2.10. The molecule has 2 atom stereocenters. The number of phenols is 1. The summed E-state index contributed by atoms with van der Waals surface area (Å²) in [5.74, 6) is -1.77. The molecule has 1 aromatic heterocycles. The van der Waals surface area contributed by atoms with Gasteiger partial charge in [-0.1, -0.05) is 25.1 Å². The Morgan fingerprint density at radius 2 is 1.83 bits per heavy atom. The summed E-state index contributed by atoms with van der Waals surface area (Å²) < 4.78 is 41.7. The van der Waals surface area contributed by atoms with Gasteiger partial charge in [0.2, 0.25) is 0 Å². The molecule has 214 valence electrons. The number of carbonyl (C=O) groups is 1. The van der Waals surface area contributed by atoms with Crippen LogP contribution in [0, 0.1) is 11.6 Å². The number of hydrogen-bond acceptors (Lipinski definition) is 8. The number of anilines is 1. The molecule has 1 amide bonds. The number of amides is 1. The summed E-state index contributed by atoms with van der Waals surface area (Å²) in [7, 11) is 0. The van der Waals surface area contributed by atoms with Gasteiger partial charge in [-0.05, 0) is 42.5 Å². The molecular formula is C29H28F2N4O5S. The maximum absolute atomic E-state index is 14.8. The molecule has 1 aliphatic rings. The molecule has 3 N–H and O–H groups in total. The Morgan fingerprint density at radius 3 is 2.46 bits per heavy atom. The van der Waals surface area contributed by atoms with Gasteiger partial charge in [0.15, 0.2) is 6.29 Å². The van der Waals surface area contributed by atoms with Crippen molar-refractivity contribution in [2.45, 2.75) is 35.9 Å². The standard InChI is InChI=1S/C29H28F2N4O5S/c1-18(29(38,15-35-17-32-16-33-35)25-11-6-21(30)12-26(25)31)41-24-13-39-28(40-14-24)20-4-2-19(3-5-20)27(37)34-22-7-9-23(36)10-8-22/h2-12,16-18,24,28,36,38H,13-15H2,1H3,(H,34,37). The fourth-order valence-corrected chi connectivity index (χ4v) is 5.85. The molecule has 0 spiro atoms. The molecule has 4 aromatic rings. The van der Waals surface area contributed by atoms with Gasteiger partial charge >= 0.3 is 0 Å². The molecule has 0 radical (unpaired) electrons. The lowest BCUT2D eigenvalue weighted by atomic mass is 9.90. The van der Waals surface area contributed by atoms with Crippen molar-refractivity contribution in [2.24, 2.45) is 0 Å². The molecule has 5 rings (SSSR count). The average Bonchev–Trinajstić information content (AvgIpc) is 3.47. The van der Waals surface area contributed by atoms with Crippen molar-refractivity contribution in [3.63, 3.8) is 0 Å². The van der Waals surface area contributed by atoms with E-state index >= 15 is 0 Å². The first kappa shape index (κ1) is 28.7. The van der Waals surface area contributed by atoms with Gasteiger partial charge in [-0.15, -0.1) is 11.8 Å². The summed E-state index contributed by atoms with van der Waals surface area (Å²) in [5, 5.41) is 27.2. The van der Waals surface area contributed by atoms with Crippen LogP contribution in [0.1, 0.15) is 34.7 Å². The van der Waals surface area contributed by atoms with Crippen LogP contribution in [0.3, 0.4) is 0 Å². The van der Waals surface area contributed by atoms with E-state index in [2.05, 4.69) is 15.4 Å². The van der Waals surface area contributed by atoms with Gasteiger partial charge in [-0.3, -0.25) is 4.79 Å². The van der Waals surface area contributed by atoms with Crippen LogP contribution in [0.25, 0.3) is 0 Å². The second-order valence-corrected chi connectivity index (χ2v) is 11.3. The third kappa shape index (κ3) is 6.73. The predicted octanol–water partition coefficient (Wildman–Crippen LogP) is 4.64. The van der Waals surface area contributed by atoms with Crippen molar-refractivity contribution in [3.05, 3.63) is 108 Å². The summed E-state index contributed by atoms with van der Waals surface area (Å²) in [4.78, 5) is 16.4. The van der Waals surface area contributed by atoms with Gasteiger partial charge in [-0.2, -0.15) is 5.10 Å². The van der Waals surface area contributed by atoms with Gasteiger partial charge in [0, 0.05) is 33.7 Å². The Balaban J connectivity index is 1.20. The molecule has 12 heteroatoms. The average molecular weight is 583 g/mol. The minimum absolute atomic E-state index is 0.0422. The number of thioether (sulfide) groups is 1. The molecule has 9 nitrogen and oxygen atoms in total. The highest BCUT2D eigenvalue weighted by Crippen LogP contribution is 2.39. The Hall–Kier alpha value is -3.84. The number of hydrogen-bond donors (Lipinski definition) is 3. The van der Waals surface area contributed by atoms with E-state index < -0.39 is 28.8 Å². The zero-order valence-corrected chi connectivity index (χ0v) is 22.8. The van der Waals surface area contributed by atoms with Crippen LogP contribution >= 0.6 is 11.8 Å². The molecule has 0 bridgehead atoms. The van der Waals surface area contributed by atoms with Gasteiger partial charge in [0.05, 0.1) is 25.0 Å². The number of aromatic hydroxyl groups is 1. The lowest BCUT2D eigenvalue weighted by Crippen LogP contribution is -2.43. The smallest absolute Gasteiger partial charge is 0.255 e. The number of phenolic OH excluding ortho intramolecular Hbond substituents is 1. The normalized spacial score (nSPS) is 19.3. The zero-order chi connectivity index (χ0) is 29.0. The van der Waals surface area contributed by atoms with E-state index in [1.165, 1.54) is 47.3 Å². The Morgan fingerprint density at radius 1 is 1.12 bits per heavy atom. The molecule has 1 aliphatic heterocycles. The molecule has 0 saturated carbocycles. The lowest BCUT2D eigenvalue weighted by molar-refractivity contribution is -0.180. The molecule has 1 fully saturated rings. The SMILES string of the molecule is CC(SC1COC(c2ccc(C(=O)Nc3ccc(O)cc3)cc2)OC1)C(O)(Cn1cncn1)c1ccc(F)cc1F. The van der Waals surface area contributed by atoms with E-state index in [9.17, 15) is 23.8 Å². The van der Waals surface area contributed by atoms with Crippen molar-refractivity contribution in [3.8, 4) is 5.75 Å². The fraction of sp³-hybridized carbons (Fsp3) is 0.276. The van der Waals surface area contributed by atoms with Crippen LogP contribution < -0.4 is 5.32 Å². The second-order valence-electron chi connectivity index (χ2n) is 9.66. The number of aromatic nitrogens is 3. The van der Waals surface area contributed by atoms with E-state index in [4.69, 9.17) is 9.47 Å². The number of ether oxygens (including phenoxy) is 2. The first-order valence-electron chi connectivity index (χ1n) is 12.8. The quantitative estimate of drug-likeness (QED) is 0.245. The minimum atomic E-state index is -1.73.